The molecule has 1 heterocycles. The highest BCUT2D eigenvalue weighted by atomic mass is 35.5. The second kappa shape index (κ2) is 9.58. The number of carbonyl (C=O) groups excluding carboxylic acids is 1. The van der Waals surface area contributed by atoms with E-state index in [1.165, 1.54) is 17.5 Å². The number of halogens is 1. The zero-order valence-corrected chi connectivity index (χ0v) is 17.6. The molecule has 0 spiro atoms. The number of nitrogens with zero attached hydrogens (tertiary/aromatic N) is 1. The molecule has 0 radical (unpaired) electrons. The van der Waals surface area contributed by atoms with Gasteiger partial charge >= 0.3 is 0 Å². The van der Waals surface area contributed by atoms with Crippen molar-refractivity contribution >= 4 is 33.2 Å². The first-order valence-electron chi connectivity index (χ1n) is 9.20. The summed E-state index contributed by atoms with van der Waals surface area (Å²) >= 11 is 5.84. The van der Waals surface area contributed by atoms with Crippen LogP contribution >= 0.6 is 11.6 Å². The van der Waals surface area contributed by atoms with Crippen molar-refractivity contribution in [2.24, 2.45) is 0 Å². The van der Waals surface area contributed by atoms with Crippen molar-refractivity contribution in [1.29, 1.82) is 0 Å². The lowest BCUT2D eigenvalue weighted by atomic mass is 10.1. The van der Waals surface area contributed by atoms with Gasteiger partial charge in [0.15, 0.2) is 0 Å². The van der Waals surface area contributed by atoms with Gasteiger partial charge in [0.25, 0.3) is 0 Å². The van der Waals surface area contributed by atoms with E-state index in [4.69, 9.17) is 21.1 Å². The van der Waals surface area contributed by atoms with Crippen LogP contribution in [0.25, 0.3) is 0 Å². The predicted octanol–water partition coefficient (Wildman–Crippen LogP) is 2.94. The molecular weight excluding hydrogens is 416 g/mol. The Hall–Kier alpha value is -2.13. The second-order valence-electron chi connectivity index (χ2n) is 6.55. The minimum Gasteiger partial charge on any atom is -0.496 e. The van der Waals surface area contributed by atoms with Crippen LogP contribution < -0.4 is 10.1 Å². The van der Waals surface area contributed by atoms with Crippen molar-refractivity contribution in [2.45, 2.75) is 17.7 Å². The third kappa shape index (κ3) is 5.48. The molecule has 1 aliphatic rings. The van der Waals surface area contributed by atoms with Crippen LogP contribution in [0.3, 0.4) is 0 Å². The smallest absolute Gasteiger partial charge is 0.243 e. The molecule has 0 unspecified atom stereocenters. The third-order valence-corrected chi connectivity index (χ3v) is 6.76. The van der Waals surface area contributed by atoms with Crippen molar-refractivity contribution in [3.8, 4) is 5.75 Å². The van der Waals surface area contributed by atoms with E-state index < -0.39 is 10.0 Å². The normalized spacial score (nSPS) is 15.1. The van der Waals surface area contributed by atoms with Crippen LogP contribution in [-0.2, 0) is 26.0 Å². The van der Waals surface area contributed by atoms with Gasteiger partial charge in [-0.15, -0.1) is 0 Å². The van der Waals surface area contributed by atoms with Gasteiger partial charge in [0.1, 0.15) is 5.75 Å². The fraction of sp³-hybridized carbons (Fsp3) is 0.350. The number of hydrogen-bond donors (Lipinski definition) is 1. The standard InChI is InChI=1S/C20H23ClN2O5S/c1-27-19-8-7-18(29(25,26)23-10-12-28-13-11-23)14-15(19)2-9-20(24)22-17-5-3-16(21)4-6-17/h3-8,14H,2,9-13H2,1H3,(H,22,24). The number of amides is 1. The van der Waals surface area contributed by atoms with Crippen molar-refractivity contribution in [1.82, 2.24) is 4.31 Å². The van der Waals surface area contributed by atoms with Crippen LogP contribution in [0.15, 0.2) is 47.4 Å². The average Bonchev–Trinajstić information content (AvgIpc) is 2.74. The first-order valence-corrected chi connectivity index (χ1v) is 11.0. The molecule has 0 bridgehead atoms. The summed E-state index contributed by atoms with van der Waals surface area (Å²) in [7, 11) is -2.10. The number of sulfonamides is 1. The molecule has 7 nitrogen and oxygen atoms in total. The summed E-state index contributed by atoms with van der Waals surface area (Å²) in [5.41, 5.74) is 1.31. The van der Waals surface area contributed by atoms with Gasteiger partial charge in [-0.2, -0.15) is 4.31 Å². The molecule has 0 atom stereocenters. The zero-order chi connectivity index (χ0) is 20.9. The largest absolute Gasteiger partial charge is 0.496 e. The molecule has 0 saturated carbocycles. The van der Waals surface area contributed by atoms with Crippen LogP contribution in [0.5, 0.6) is 5.75 Å². The Morgan fingerprint density at radius 2 is 1.86 bits per heavy atom. The molecule has 0 aliphatic carbocycles. The molecule has 2 aromatic rings. The lowest BCUT2D eigenvalue weighted by Gasteiger charge is -2.26. The summed E-state index contributed by atoms with van der Waals surface area (Å²) in [5.74, 6) is 0.362. The first-order chi connectivity index (χ1) is 13.9. The minimum atomic E-state index is -3.62. The quantitative estimate of drug-likeness (QED) is 0.718. The molecule has 1 saturated heterocycles. The number of anilines is 1. The molecule has 1 aliphatic heterocycles. The van der Waals surface area contributed by atoms with Crippen LogP contribution in [-0.4, -0.2) is 52.0 Å². The minimum absolute atomic E-state index is 0.181. The van der Waals surface area contributed by atoms with Gasteiger partial charge in [0, 0.05) is 30.2 Å². The monoisotopic (exact) mass is 438 g/mol. The SMILES string of the molecule is COc1ccc(S(=O)(=O)N2CCOCC2)cc1CCC(=O)Nc1ccc(Cl)cc1. The Labute approximate surface area is 175 Å². The van der Waals surface area contributed by atoms with Gasteiger partial charge in [0.2, 0.25) is 15.9 Å². The topological polar surface area (TPSA) is 84.9 Å². The first kappa shape index (κ1) is 21.6. The van der Waals surface area contributed by atoms with Crippen molar-refractivity contribution in [3.05, 3.63) is 53.1 Å². The summed E-state index contributed by atoms with van der Waals surface area (Å²) in [6, 6.07) is 11.6. The molecule has 156 valence electrons. The maximum Gasteiger partial charge on any atom is 0.243 e. The molecule has 9 heteroatoms. The maximum absolute atomic E-state index is 12.9. The number of rotatable bonds is 7. The van der Waals surface area contributed by atoms with E-state index in [0.717, 1.165) is 0 Å². The summed E-state index contributed by atoms with van der Waals surface area (Å²) < 4.78 is 37.8. The fourth-order valence-electron chi connectivity index (χ4n) is 3.05. The fourth-order valence-corrected chi connectivity index (χ4v) is 4.64. The third-order valence-electron chi connectivity index (χ3n) is 4.61. The van der Waals surface area contributed by atoms with E-state index in [9.17, 15) is 13.2 Å². The molecule has 3 rings (SSSR count). The lowest BCUT2D eigenvalue weighted by Crippen LogP contribution is -2.40. The number of methoxy groups -OCH3 is 1. The number of aryl methyl sites for hydroxylation is 1. The van der Waals surface area contributed by atoms with Gasteiger partial charge in [-0.05, 0) is 54.4 Å². The van der Waals surface area contributed by atoms with E-state index in [1.54, 1.807) is 36.4 Å². The highest BCUT2D eigenvalue weighted by Crippen LogP contribution is 2.26. The van der Waals surface area contributed by atoms with Crippen LogP contribution in [0.2, 0.25) is 5.02 Å². The van der Waals surface area contributed by atoms with Crippen LogP contribution in [0.1, 0.15) is 12.0 Å². The number of nitrogens with one attached hydrogen (secondary N) is 1. The number of ether oxygens (including phenoxy) is 2. The lowest BCUT2D eigenvalue weighted by molar-refractivity contribution is -0.116. The Morgan fingerprint density at radius 1 is 1.17 bits per heavy atom. The number of carbonyl (C=O) groups is 1. The Kier molecular flexibility index (Phi) is 7.13. The molecule has 1 amide bonds. The van der Waals surface area contributed by atoms with Gasteiger partial charge in [-0.3, -0.25) is 4.79 Å². The Morgan fingerprint density at radius 3 is 2.52 bits per heavy atom. The summed E-state index contributed by atoms with van der Waals surface area (Å²) in [6.07, 6.45) is 0.523. The highest BCUT2D eigenvalue weighted by molar-refractivity contribution is 7.89. The van der Waals surface area contributed by atoms with E-state index in [-0.39, 0.29) is 17.2 Å². The second-order valence-corrected chi connectivity index (χ2v) is 8.92. The number of hydrogen-bond acceptors (Lipinski definition) is 5. The van der Waals surface area contributed by atoms with E-state index in [1.807, 2.05) is 0 Å². The average molecular weight is 439 g/mol. The highest BCUT2D eigenvalue weighted by Gasteiger charge is 2.27. The van der Waals surface area contributed by atoms with Crippen molar-refractivity contribution in [2.75, 3.05) is 38.7 Å². The number of benzene rings is 2. The molecule has 1 fully saturated rings. The van der Waals surface area contributed by atoms with Crippen molar-refractivity contribution in [3.63, 3.8) is 0 Å². The summed E-state index contributed by atoms with van der Waals surface area (Å²) in [6.45, 7) is 1.42. The summed E-state index contributed by atoms with van der Waals surface area (Å²) in [5, 5.41) is 3.38. The Balaban J connectivity index is 1.71. The van der Waals surface area contributed by atoms with Crippen LogP contribution in [0.4, 0.5) is 5.69 Å². The maximum atomic E-state index is 12.9. The van der Waals surface area contributed by atoms with Gasteiger partial charge in [-0.25, -0.2) is 8.42 Å². The number of morpholine rings is 1. The zero-order valence-electron chi connectivity index (χ0n) is 16.1. The Bertz CT molecular complexity index is 957. The van der Waals surface area contributed by atoms with Gasteiger partial charge in [0.05, 0.1) is 25.2 Å². The van der Waals surface area contributed by atoms with Crippen LogP contribution in [0, 0.1) is 0 Å². The van der Waals surface area contributed by atoms with Crippen molar-refractivity contribution < 1.29 is 22.7 Å². The van der Waals surface area contributed by atoms with E-state index in [0.29, 0.717) is 54.7 Å². The molecule has 0 aromatic heterocycles. The molecule has 29 heavy (non-hydrogen) atoms. The summed E-state index contributed by atoms with van der Waals surface area (Å²) in [4.78, 5) is 12.5. The molecule has 2 aromatic carbocycles. The van der Waals surface area contributed by atoms with E-state index in [2.05, 4.69) is 5.32 Å². The predicted molar refractivity (Wildman–Crippen MR) is 111 cm³/mol. The molecule has 1 N–H and O–H groups in total. The van der Waals surface area contributed by atoms with Gasteiger partial charge in [-0.1, -0.05) is 11.6 Å². The molecular formula is C20H23ClN2O5S. The van der Waals surface area contributed by atoms with E-state index >= 15 is 0 Å². The van der Waals surface area contributed by atoms with Gasteiger partial charge < -0.3 is 14.8 Å².